The Morgan fingerprint density at radius 2 is 1.93 bits per heavy atom. The molecule has 2 heterocycles. The molecule has 152 valence electrons. The molecule has 0 bridgehead atoms. The molecule has 0 atom stereocenters. The highest BCUT2D eigenvalue weighted by Gasteiger charge is 2.23. The zero-order chi connectivity index (χ0) is 21.3. The normalized spacial score (nSPS) is 10.9. The second-order valence-electron chi connectivity index (χ2n) is 6.79. The zero-order valence-electron chi connectivity index (χ0n) is 16.3. The summed E-state index contributed by atoms with van der Waals surface area (Å²) in [4.78, 5) is 26.5. The van der Waals surface area contributed by atoms with Crippen molar-refractivity contribution in [1.29, 1.82) is 0 Å². The number of halogens is 1. The van der Waals surface area contributed by atoms with Gasteiger partial charge >= 0.3 is 0 Å². The van der Waals surface area contributed by atoms with Crippen LogP contribution in [0.2, 0.25) is 5.02 Å². The molecule has 0 aliphatic heterocycles. The van der Waals surface area contributed by atoms with Crippen LogP contribution in [-0.2, 0) is 11.3 Å². The zero-order valence-corrected chi connectivity index (χ0v) is 17.9. The number of ether oxygens (including phenoxy) is 1. The molecule has 2 aromatic heterocycles. The molecule has 0 aliphatic carbocycles. The number of amides is 1. The van der Waals surface area contributed by atoms with Gasteiger partial charge in [0, 0.05) is 33.5 Å². The Bertz CT molecular complexity index is 1240. The number of methoxy groups -OCH3 is 1. The smallest absolute Gasteiger partial charge is 0.298 e. The maximum Gasteiger partial charge on any atom is 0.298 e. The Kier molecular flexibility index (Phi) is 5.57. The largest absolute Gasteiger partial charge is 0.497 e. The summed E-state index contributed by atoms with van der Waals surface area (Å²) >= 11 is 7.24. The third-order valence-electron chi connectivity index (χ3n) is 4.67. The van der Waals surface area contributed by atoms with E-state index in [2.05, 4.69) is 9.69 Å². The molecule has 1 N–H and O–H groups in total. The van der Waals surface area contributed by atoms with Gasteiger partial charge in [0.25, 0.3) is 11.7 Å². The van der Waals surface area contributed by atoms with Gasteiger partial charge in [0.05, 0.1) is 12.7 Å². The maximum atomic E-state index is 13.0. The lowest BCUT2D eigenvalue weighted by atomic mass is 10.1. The molecule has 0 saturated heterocycles. The number of aromatic nitrogens is 2. The Labute approximate surface area is 182 Å². The second kappa shape index (κ2) is 8.30. The number of carbonyl (C=O) groups excluding carboxylic acids is 2. The number of carbonyl (C=O) groups is 2. The quantitative estimate of drug-likeness (QED) is 0.341. The van der Waals surface area contributed by atoms with Crippen molar-refractivity contribution in [3.63, 3.8) is 0 Å². The summed E-state index contributed by atoms with van der Waals surface area (Å²) in [6, 6.07) is 14.7. The highest BCUT2D eigenvalue weighted by atomic mass is 35.5. The summed E-state index contributed by atoms with van der Waals surface area (Å²) in [5.41, 5.74) is 2.15. The molecule has 0 fully saturated rings. The fourth-order valence-electron chi connectivity index (χ4n) is 3.22. The van der Waals surface area contributed by atoms with Crippen LogP contribution in [0.25, 0.3) is 10.9 Å². The first-order chi connectivity index (χ1) is 14.4. The number of nitrogens with one attached hydrogen (secondary N) is 1. The number of hydrogen-bond acceptors (Lipinski definition) is 5. The summed E-state index contributed by atoms with van der Waals surface area (Å²) in [5.74, 6) is -0.378. The Balaban J connectivity index is 1.71. The summed E-state index contributed by atoms with van der Waals surface area (Å²) in [7, 11) is 1.56. The van der Waals surface area contributed by atoms with Gasteiger partial charge in [-0.2, -0.15) is 4.37 Å². The van der Waals surface area contributed by atoms with Crippen LogP contribution in [0.4, 0.5) is 5.82 Å². The molecule has 30 heavy (non-hydrogen) atoms. The van der Waals surface area contributed by atoms with Gasteiger partial charge < -0.3 is 14.6 Å². The lowest BCUT2D eigenvalue weighted by Crippen LogP contribution is -2.22. The molecular weight excluding hydrogens is 422 g/mol. The lowest BCUT2D eigenvalue weighted by Gasteiger charge is -2.06. The van der Waals surface area contributed by atoms with Crippen LogP contribution in [0.5, 0.6) is 5.75 Å². The van der Waals surface area contributed by atoms with E-state index in [1.807, 2.05) is 47.9 Å². The van der Waals surface area contributed by atoms with Crippen molar-refractivity contribution in [2.24, 2.45) is 0 Å². The topological polar surface area (TPSA) is 73.2 Å². The first-order valence-corrected chi connectivity index (χ1v) is 10.3. The molecule has 0 aliphatic rings. The second-order valence-corrected chi connectivity index (χ2v) is 8.23. The van der Waals surface area contributed by atoms with Crippen LogP contribution in [0, 0.1) is 6.92 Å². The number of anilines is 1. The van der Waals surface area contributed by atoms with Gasteiger partial charge in [-0.15, -0.1) is 0 Å². The van der Waals surface area contributed by atoms with Crippen LogP contribution in [0.1, 0.15) is 20.8 Å². The fourth-order valence-corrected chi connectivity index (χ4v) is 3.85. The number of benzene rings is 2. The highest BCUT2D eigenvalue weighted by molar-refractivity contribution is 7.06. The van der Waals surface area contributed by atoms with Crippen molar-refractivity contribution in [2.75, 3.05) is 12.4 Å². The number of hydrogen-bond donors (Lipinski definition) is 1. The van der Waals surface area contributed by atoms with Gasteiger partial charge in [-0.25, -0.2) is 0 Å². The van der Waals surface area contributed by atoms with Crippen molar-refractivity contribution >= 4 is 51.5 Å². The van der Waals surface area contributed by atoms with E-state index in [-0.39, 0.29) is 0 Å². The SMILES string of the molecule is COc1ccc2c(c1)c(C(=O)C(=O)Nc1cc(C)sn1)cn2Cc1ccc(Cl)cc1. The molecule has 4 aromatic rings. The van der Waals surface area contributed by atoms with Crippen LogP contribution in [0.3, 0.4) is 0 Å². The molecule has 8 heteroatoms. The van der Waals surface area contributed by atoms with Crippen LogP contribution in [0.15, 0.2) is 54.7 Å². The van der Waals surface area contributed by atoms with Crippen molar-refractivity contribution in [3.8, 4) is 5.75 Å². The molecule has 0 spiro atoms. The van der Waals surface area contributed by atoms with Crippen molar-refractivity contribution in [2.45, 2.75) is 13.5 Å². The van der Waals surface area contributed by atoms with Gasteiger partial charge in [0.15, 0.2) is 0 Å². The van der Waals surface area contributed by atoms with E-state index in [1.165, 1.54) is 11.5 Å². The monoisotopic (exact) mass is 439 g/mol. The van der Waals surface area contributed by atoms with Crippen LogP contribution in [-0.4, -0.2) is 27.7 Å². The third-order valence-corrected chi connectivity index (χ3v) is 5.62. The van der Waals surface area contributed by atoms with Crippen molar-refractivity contribution < 1.29 is 14.3 Å². The van der Waals surface area contributed by atoms with Crippen LogP contribution >= 0.6 is 23.1 Å². The van der Waals surface area contributed by atoms with Crippen molar-refractivity contribution in [1.82, 2.24) is 8.94 Å². The van der Waals surface area contributed by atoms with E-state index in [0.717, 1.165) is 16.0 Å². The summed E-state index contributed by atoms with van der Waals surface area (Å²) < 4.78 is 11.4. The van der Waals surface area contributed by atoms with E-state index in [4.69, 9.17) is 16.3 Å². The maximum absolute atomic E-state index is 13.0. The Hall–Kier alpha value is -3.16. The van der Waals surface area contributed by atoms with Gasteiger partial charge in [-0.05, 0) is 60.4 Å². The molecule has 0 radical (unpaired) electrons. The van der Waals surface area contributed by atoms with E-state index < -0.39 is 11.7 Å². The number of rotatable bonds is 6. The number of Topliss-reactive ketones (excluding diaryl/α,β-unsaturated/α-hetero) is 1. The van der Waals surface area contributed by atoms with E-state index >= 15 is 0 Å². The van der Waals surface area contributed by atoms with Gasteiger partial charge in [0.1, 0.15) is 11.6 Å². The summed E-state index contributed by atoms with van der Waals surface area (Å²) in [5, 5.41) is 3.88. The summed E-state index contributed by atoms with van der Waals surface area (Å²) in [6.45, 7) is 2.41. The molecule has 1 amide bonds. The van der Waals surface area contributed by atoms with E-state index in [9.17, 15) is 9.59 Å². The molecule has 6 nitrogen and oxygen atoms in total. The molecule has 0 saturated carbocycles. The highest BCUT2D eigenvalue weighted by Crippen LogP contribution is 2.28. The van der Waals surface area contributed by atoms with E-state index in [1.54, 1.807) is 25.4 Å². The van der Waals surface area contributed by atoms with Crippen LogP contribution < -0.4 is 10.1 Å². The fraction of sp³-hybridized carbons (Fsp3) is 0.136. The average Bonchev–Trinajstić information content (AvgIpc) is 3.31. The first kappa shape index (κ1) is 20.1. The third kappa shape index (κ3) is 4.08. The number of ketones is 1. The lowest BCUT2D eigenvalue weighted by molar-refractivity contribution is -0.112. The summed E-state index contributed by atoms with van der Waals surface area (Å²) in [6.07, 6.45) is 1.70. The van der Waals surface area contributed by atoms with Gasteiger partial charge in [-0.1, -0.05) is 23.7 Å². The molecule has 4 rings (SSSR count). The minimum absolute atomic E-state index is 0.308. The van der Waals surface area contributed by atoms with E-state index in [0.29, 0.717) is 34.1 Å². The number of nitrogens with zero attached hydrogens (tertiary/aromatic N) is 2. The minimum Gasteiger partial charge on any atom is -0.497 e. The minimum atomic E-state index is -0.728. The molecule has 2 aromatic carbocycles. The first-order valence-electron chi connectivity index (χ1n) is 9.15. The average molecular weight is 440 g/mol. The predicted octanol–water partition coefficient (Wildman–Crippen LogP) is 4.94. The molecular formula is C22H18ClN3O3S. The number of fused-ring (bicyclic) bond motifs is 1. The number of aryl methyl sites for hydroxylation is 1. The standard InChI is InChI=1S/C22H18ClN3O3S/c1-13-9-20(25-30-13)24-22(28)21(27)18-12-26(11-14-3-5-15(23)6-4-14)19-8-7-16(29-2)10-17(18)19/h3-10,12H,11H2,1-2H3,(H,24,25,28). The predicted molar refractivity (Wildman–Crippen MR) is 119 cm³/mol. The van der Waals surface area contributed by atoms with Crippen molar-refractivity contribution in [3.05, 3.63) is 75.8 Å². The van der Waals surface area contributed by atoms with Gasteiger partial charge in [-0.3, -0.25) is 9.59 Å². The Morgan fingerprint density at radius 1 is 1.17 bits per heavy atom. The van der Waals surface area contributed by atoms with Gasteiger partial charge in [0.2, 0.25) is 0 Å². The Morgan fingerprint density at radius 3 is 2.60 bits per heavy atom. The molecule has 0 unspecified atom stereocenters.